The Labute approximate surface area is 137 Å². The minimum absolute atomic E-state index is 0.173. The maximum atomic E-state index is 12.1. The molecular formula is C17H12ClNO4. The molecule has 1 heterocycles. The van der Waals surface area contributed by atoms with Gasteiger partial charge in [0.25, 0.3) is 5.91 Å². The minimum atomic E-state index is -1.08. The van der Waals surface area contributed by atoms with Gasteiger partial charge in [-0.1, -0.05) is 35.9 Å². The normalized spacial score (nSPS) is 14.5. The fourth-order valence-corrected chi connectivity index (χ4v) is 2.56. The highest BCUT2D eigenvalue weighted by Gasteiger charge is 2.23. The van der Waals surface area contributed by atoms with Crippen molar-refractivity contribution in [3.8, 4) is 5.75 Å². The summed E-state index contributed by atoms with van der Waals surface area (Å²) in [5.74, 6) is -0.965. The predicted octanol–water partition coefficient (Wildman–Crippen LogP) is 3.30. The van der Waals surface area contributed by atoms with Gasteiger partial charge in [0.15, 0.2) is 6.61 Å². The first kappa shape index (κ1) is 15.1. The molecule has 1 aliphatic heterocycles. The molecule has 0 bridgehead atoms. The number of anilines is 1. The van der Waals surface area contributed by atoms with Crippen molar-refractivity contribution in [1.82, 2.24) is 0 Å². The average molecular weight is 330 g/mol. The van der Waals surface area contributed by atoms with Crippen LogP contribution in [0.3, 0.4) is 0 Å². The van der Waals surface area contributed by atoms with E-state index in [1.54, 1.807) is 24.3 Å². The SMILES string of the molecule is O=C(O)COc1ccc(/C=C2\C(=O)Nc3ccccc32)cc1Cl. The van der Waals surface area contributed by atoms with Gasteiger partial charge in [-0.2, -0.15) is 0 Å². The predicted molar refractivity (Wildman–Crippen MR) is 87.5 cm³/mol. The van der Waals surface area contributed by atoms with E-state index in [0.717, 1.165) is 16.8 Å². The van der Waals surface area contributed by atoms with E-state index in [4.69, 9.17) is 21.4 Å². The van der Waals surface area contributed by atoms with Crippen molar-refractivity contribution in [3.05, 3.63) is 58.6 Å². The summed E-state index contributed by atoms with van der Waals surface area (Å²) < 4.78 is 5.07. The van der Waals surface area contributed by atoms with Crippen molar-refractivity contribution in [2.45, 2.75) is 0 Å². The number of amides is 1. The van der Waals surface area contributed by atoms with Gasteiger partial charge in [-0.15, -0.1) is 0 Å². The molecule has 0 aromatic heterocycles. The highest BCUT2D eigenvalue weighted by Crippen LogP contribution is 2.34. The monoisotopic (exact) mass is 329 g/mol. The second-order valence-electron chi connectivity index (χ2n) is 4.93. The molecule has 0 atom stereocenters. The zero-order chi connectivity index (χ0) is 16.4. The number of carboxylic acids is 1. The molecular weight excluding hydrogens is 318 g/mol. The van der Waals surface area contributed by atoms with Gasteiger partial charge < -0.3 is 15.2 Å². The van der Waals surface area contributed by atoms with Crippen molar-refractivity contribution in [3.63, 3.8) is 0 Å². The van der Waals surface area contributed by atoms with Crippen LogP contribution in [-0.4, -0.2) is 23.6 Å². The van der Waals surface area contributed by atoms with Crippen LogP contribution in [0.4, 0.5) is 5.69 Å². The van der Waals surface area contributed by atoms with E-state index in [2.05, 4.69) is 5.32 Å². The van der Waals surface area contributed by atoms with E-state index in [1.165, 1.54) is 0 Å². The van der Waals surface area contributed by atoms with Gasteiger partial charge in [-0.25, -0.2) is 4.79 Å². The third kappa shape index (κ3) is 3.19. The Morgan fingerprint density at radius 3 is 2.78 bits per heavy atom. The summed E-state index contributed by atoms with van der Waals surface area (Å²) >= 11 is 6.09. The van der Waals surface area contributed by atoms with Crippen LogP contribution in [0.15, 0.2) is 42.5 Å². The largest absolute Gasteiger partial charge is 0.480 e. The molecule has 1 amide bonds. The summed E-state index contributed by atoms with van der Waals surface area (Å²) in [6.45, 7) is -0.462. The number of hydrogen-bond acceptors (Lipinski definition) is 3. The summed E-state index contributed by atoms with van der Waals surface area (Å²) in [6, 6.07) is 12.3. The lowest BCUT2D eigenvalue weighted by Gasteiger charge is -2.06. The molecule has 0 spiro atoms. The molecule has 0 aliphatic carbocycles. The third-order valence-corrected chi connectivity index (χ3v) is 3.62. The van der Waals surface area contributed by atoms with E-state index >= 15 is 0 Å². The smallest absolute Gasteiger partial charge is 0.341 e. The third-order valence-electron chi connectivity index (χ3n) is 3.33. The molecule has 0 saturated carbocycles. The first-order chi connectivity index (χ1) is 11.0. The van der Waals surface area contributed by atoms with Crippen LogP contribution in [0.25, 0.3) is 11.6 Å². The van der Waals surface area contributed by atoms with Gasteiger partial charge in [0.1, 0.15) is 5.75 Å². The lowest BCUT2D eigenvalue weighted by Crippen LogP contribution is -2.09. The van der Waals surface area contributed by atoms with Crippen LogP contribution >= 0.6 is 11.6 Å². The molecule has 116 valence electrons. The quantitative estimate of drug-likeness (QED) is 0.844. The van der Waals surface area contributed by atoms with Gasteiger partial charge in [-0.3, -0.25) is 4.79 Å². The number of carbonyl (C=O) groups is 2. The highest BCUT2D eigenvalue weighted by atomic mass is 35.5. The number of para-hydroxylation sites is 1. The number of benzene rings is 2. The molecule has 1 aliphatic rings. The second kappa shape index (κ2) is 6.14. The van der Waals surface area contributed by atoms with Crippen LogP contribution in [0.5, 0.6) is 5.75 Å². The number of aliphatic carboxylic acids is 1. The van der Waals surface area contributed by atoms with Gasteiger partial charge in [0.05, 0.1) is 5.02 Å². The molecule has 23 heavy (non-hydrogen) atoms. The van der Waals surface area contributed by atoms with Crippen molar-refractivity contribution < 1.29 is 19.4 Å². The lowest BCUT2D eigenvalue weighted by atomic mass is 10.0. The summed E-state index contributed by atoms with van der Waals surface area (Å²) in [4.78, 5) is 22.6. The van der Waals surface area contributed by atoms with Gasteiger partial charge >= 0.3 is 5.97 Å². The second-order valence-corrected chi connectivity index (χ2v) is 5.34. The first-order valence-corrected chi connectivity index (χ1v) is 7.19. The Morgan fingerprint density at radius 1 is 1.26 bits per heavy atom. The Bertz CT molecular complexity index is 829. The van der Waals surface area contributed by atoms with Crippen LogP contribution < -0.4 is 10.1 Å². The van der Waals surface area contributed by atoms with Crippen molar-refractivity contribution in [2.75, 3.05) is 11.9 Å². The topological polar surface area (TPSA) is 75.6 Å². The molecule has 0 fully saturated rings. The Hall–Kier alpha value is -2.79. The summed E-state index contributed by atoms with van der Waals surface area (Å²) in [5, 5.41) is 11.7. The molecule has 2 N–H and O–H groups in total. The average Bonchev–Trinajstić information content (AvgIpc) is 2.82. The number of fused-ring (bicyclic) bond motifs is 1. The Kier molecular flexibility index (Phi) is 4.04. The molecule has 2 aromatic rings. The molecule has 3 rings (SSSR count). The summed E-state index contributed by atoms with van der Waals surface area (Å²) in [6.07, 6.45) is 1.73. The molecule has 5 nitrogen and oxygen atoms in total. The van der Waals surface area contributed by atoms with Crippen molar-refractivity contribution in [2.24, 2.45) is 0 Å². The number of rotatable bonds is 4. The molecule has 0 unspecified atom stereocenters. The van der Waals surface area contributed by atoms with Crippen molar-refractivity contribution in [1.29, 1.82) is 0 Å². The van der Waals surface area contributed by atoms with Crippen molar-refractivity contribution >= 4 is 40.8 Å². The van der Waals surface area contributed by atoms with Gasteiger partial charge in [-0.05, 0) is 29.8 Å². The Morgan fingerprint density at radius 2 is 2.04 bits per heavy atom. The zero-order valence-corrected chi connectivity index (χ0v) is 12.6. The molecule has 0 radical (unpaired) electrons. The molecule has 2 aromatic carbocycles. The minimum Gasteiger partial charge on any atom is -0.480 e. The maximum absolute atomic E-state index is 12.1. The summed E-state index contributed by atoms with van der Waals surface area (Å²) in [5.41, 5.74) is 2.88. The number of hydrogen-bond donors (Lipinski definition) is 2. The Balaban J connectivity index is 1.90. The van der Waals surface area contributed by atoms with E-state index in [1.807, 2.05) is 24.3 Å². The molecule has 6 heteroatoms. The van der Waals surface area contributed by atoms with E-state index < -0.39 is 12.6 Å². The van der Waals surface area contributed by atoms with Crippen LogP contribution in [0.2, 0.25) is 5.02 Å². The van der Waals surface area contributed by atoms with E-state index in [9.17, 15) is 9.59 Å². The van der Waals surface area contributed by atoms with E-state index in [0.29, 0.717) is 5.57 Å². The maximum Gasteiger partial charge on any atom is 0.341 e. The van der Waals surface area contributed by atoms with E-state index in [-0.39, 0.29) is 16.7 Å². The highest BCUT2D eigenvalue weighted by molar-refractivity contribution is 6.35. The number of carbonyl (C=O) groups excluding carboxylic acids is 1. The van der Waals surface area contributed by atoms with Gasteiger partial charge in [0, 0.05) is 16.8 Å². The van der Waals surface area contributed by atoms with Crippen LogP contribution in [-0.2, 0) is 9.59 Å². The fraction of sp³-hybridized carbons (Fsp3) is 0.0588. The zero-order valence-electron chi connectivity index (χ0n) is 11.9. The fourth-order valence-electron chi connectivity index (χ4n) is 2.31. The number of halogens is 1. The number of ether oxygens (including phenoxy) is 1. The first-order valence-electron chi connectivity index (χ1n) is 6.81. The number of nitrogens with one attached hydrogen (secondary N) is 1. The number of carboxylic acid groups (broad SMARTS) is 1. The standard InChI is InChI=1S/C17H12ClNO4/c18-13-8-10(5-6-15(13)23-9-16(20)21)7-12-11-3-1-2-4-14(11)19-17(12)22/h1-8H,9H2,(H,19,22)(H,20,21)/b12-7-. The van der Waals surface area contributed by atoms with Crippen LogP contribution in [0, 0.1) is 0 Å². The van der Waals surface area contributed by atoms with Crippen LogP contribution in [0.1, 0.15) is 11.1 Å². The summed E-state index contributed by atoms with van der Waals surface area (Å²) in [7, 11) is 0. The molecule has 0 saturated heterocycles. The van der Waals surface area contributed by atoms with Gasteiger partial charge in [0.2, 0.25) is 0 Å². The lowest BCUT2D eigenvalue weighted by molar-refractivity contribution is -0.139.